The van der Waals surface area contributed by atoms with Crippen molar-refractivity contribution in [2.45, 2.75) is 25.4 Å². The summed E-state index contributed by atoms with van der Waals surface area (Å²) in [5.74, 6) is -0.259. The van der Waals surface area contributed by atoms with Crippen LogP contribution in [0.3, 0.4) is 0 Å². The largest absolute Gasteiger partial charge is 0.399 e. The van der Waals surface area contributed by atoms with E-state index in [1.165, 1.54) is 0 Å². The molecular formula is C12H19ClN4O. The highest BCUT2D eigenvalue weighted by atomic mass is 35.5. The quantitative estimate of drug-likeness (QED) is 0.705. The Bertz CT molecular complexity index is 438. The Morgan fingerprint density at radius 3 is 2.78 bits per heavy atom. The van der Waals surface area contributed by atoms with E-state index in [2.05, 4.69) is 4.90 Å². The van der Waals surface area contributed by atoms with Crippen LogP contribution in [0.5, 0.6) is 0 Å². The van der Waals surface area contributed by atoms with E-state index in [-0.39, 0.29) is 24.4 Å². The van der Waals surface area contributed by atoms with Crippen LogP contribution in [0, 0.1) is 0 Å². The molecule has 6 heteroatoms. The number of carbonyl (C=O) groups excluding carboxylic acids is 1. The number of carbonyl (C=O) groups is 1. The van der Waals surface area contributed by atoms with E-state index in [9.17, 15) is 4.79 Å². The Morgan fingerprint density at radius 2 is 2.11 bits per heavy atom. The Hall–Kier alpha value is -1.46. The predicted octanol–water partition coefficient (Wildman–Crippen LogP) is 0.722. The van der Waals surface area contributed by atoms with Gasteiger partial charge in [-0.2, -0.15) is 0 Å². The smallest absolute Gasteiger partial charge is 0.234 e. The summed E-state index contributed by atoms with van der Waals surface area (Å²) in [6, 6.07) is 5.25. The van der Waals surface area contributed by atoms with Gasteiger partial charge in [0, 0.05) is 17.9 Å². The Morgan fingerprint density at radius 1 is 1.39 bits per heavy atom. The molecule has 0 aliphatic carbocycles. The van der Waals surface area contributed by atoms with E-state index >= 15 is 0 Å². The number of primary amides is 1. The number of amides is 1. The van der Waals surface area contributed by atoms with E-state index < -0.39 is 0 Å². The van der Waals surface area contributed by atoms with Crippen molar-refractivity contribution in [2.24, 2.45) is 5.73 Å². The molecule has 2 rings (SSSR count). The molecule has 1 atom stereocenters. The third-order valence-corrected chi connectivity index (χ3v) is 3.23. The van der Waals surface area contributed by atoms with Crippen LogP contribution in [0.4, 0.5) is 11.4 Å². The lowest BCUT2D eigenvalue weighted by Gasteiger charge is -2.22. The highest BCUT2D eigenvalue weighted by molar-refractivity contribution is 5.85. The maximum Gasteiger partial charge on any atom is 0.234 e. The van der Waals surface area contributed by atoms with Crippen LogP contribution < -0.4 is 17.2 Å². The molecule has 0 bridgehead atoms. The van der Waals surface area contributed by atoms with Crippen molar-refractivity contribution < 1.29 is 4.79 Å². The Kier molecular flexibility index (Phi) is 4.81. The van der Waals surface area contributed by atoms with Gasteiger partial charge in [0.2, 0.25) is 5.91 Å². The molecule has 1 amide bonds. The van der Waals surface area contributed by atoms with E-state index in [4.69, 9.17) is 17.2 Å². The molecule has 5 nitrogen and oxygen atoms in total. The molecule has 0 radical (unpaired) electrons. The standard InChI is InChI=1S/C12H18N4O.ClH/c13-9-3-4-10(14)8(6-9)7-16-5-1-2-11(16)12(15)17;/h3-4,6,11H,1-2,5,7,13-14H2,(H2,15,17);1H. The molecule has 1 fully saturated rings. The fraction of sp³-hybridized carbons (Fsp3) is 0.417. The number of nitrogens with zero attached hydrogens (tertiary/aromatic N) is 1. The molecule has 1 aliphatic heterocycles. The van der Waals surface area contributed by atoms with Gasteiger partial charge in [-0.3, -0.25) is 9.69 Å². The summed E-state index contributed by atoms with van der Waals surface area (Å²) in [6.45, 7) is 1.51. The van der Waals surface area contributed by atoms with Gasteiger partial charge in [-0.1, -0.05) is 0 Å². The number of nitrogen functional groups attached to an aromatic ring is 2. The maximum atomic E-state index is 11.3. The second-order valence-electron chi connectivity index (χ2n) is 4.49. The summed E-state index contributed by atoms with van der Waals surface area (Å²) < 4.78 is 0. The van der Waals surface area contributed by atoms with Crippen molar-refractivity contribution in [3.63, 3.8) is 0 Å². The molecule has 1 aromatic carbocycles. The number of halogens is 1. The summed E-state index contributed by atoms with van der Waals surface area (Å²) in [7, 11) is 0. The summed E-state index contributed by atoms with van der Waals surface area (Å²) in [4.78, 5) is 13.3. The van der Waals surface area contributed by atoms with Gasteiger partial charge in [0.15, 0.2) is 0 Å². The lowest BCUT2D eigenvalue weighted by atomic mass is 10.1. The number of nitrogens with two attached hydrogens (primary N) is 3. The first-order chi connectivity index (χ1) is 8.08. The first-order valence-corrected chi connectivity index (χ1v) is 5.75. The van der Waals surface area contributed by atoms with Crippen LogP contribution in [0.15, 0.2) is 18.2 Å². The minimum Gasteiger partial charge on any atom is -0.399 e. The summed E-state index contributed by atoms with van der Waals surface area (Å²) >= 11 is 0. The lowest BCUT2D eigenvalue weighted by Crippen LogP contribution is -2.39. The van der Waals surface area contributed by atoms with Crippen molar-refractivity contribution in [3.05, 3.63) is 23.8 Å². The van der Waals surface area contributed by atoms with Crippen LogP contribution in [-0.2, 0) is 11.3 Å². The van der Waals surface area contributed by atoms with E-state index in [1.54, 1.807) is 12.1 Å². The Balaban J connectivity index is 0.00000162. The monoisotopic (exact) mass is 270 g/mol. The third-order valence-electron chi connectivity index (χ3n) is 3.23. The first-order valence-electron chi connectivity index (χ1n) is 5.75. The van der Waals surface area contributed by atoms with Gasteiger partial charge >= 0.3 is 0 Å². The first kappa shape index (κ1) is 14.6. The van der Waals surface area contributed by atoms with Gasteiger partial charge in [-0.15, -0.1) is 12.4 Å². The molecule has 0 aromatic heterocycles. The molecular weight excluding hydrogens is 252 g/mol. The lowest BCUT2D eigenvalue weighted by molar-refractivity contribution is -0.122. The van der Waals surface area contributed by atoms with Gasteiger partial charge < -0.3 is 17.2 Å². The summed E-state index contributed by atoms with van der Waals surface area (Å²) in [5.41, 5.74) is 19.3. The minimum absolute atomic E-state index is 0. The number of rotatable bonds is 3. The van der Waals surface area contributed by atoms with E-state index in [0.29, 0.717) is 17.9 Å². The van der Waals surface area contributed by atoms with Crippen LogP contribution >= 0.6 is 12.4 Å². The summed E-state index contributed by atoms with van der Waals surface area (Å²) in [6.07, 6.45) is 1.83. The van der Waals surface area contributed by atoms with Crippen LogP contribution in [0.1, 0.15) is 18.4 Å². The fourth-order valence-corrected chi connectivity index (χ4v) is 2.32. The normalized spacial score (nSPS) is 19.4. The fourth-order valence-electron chi connectivity index (χ4n) is 2.32. The van der Waals surface area contributed by atoms with Crippen molar-refractivity contribution in [3.8, 4) is 0 Å². The van der Waals surface area contributed by atoms with Gasteiger partial charge in [0.25, 0.3) is 0 Å². The van der Waals surface area contributed by atoms with Crippen molar-refractivity contribution >= 4 is 29.7 Å². The van der Waals surface area contributed by atoms with E-state index in [0.717, 1.165) is 24.9 Å². The average molecular weight is 271 g/mol. The topological polar surface area (TPSA) is 98.4 Å². The number of anilines is 2. The van der Waals surface area contributed by atoms with Crippen LogP contribution in [0.2, 0.25) is 0 Å². The zero-order valence-corrected chi connectivity index (χ0v) is 11.0. The molecule has 1 saturated heterocycles. The molecule has 1 aromatic rings. The average Bonchev–Trinajstić information content (AvgIpc) is 2.71. The van der Waals surface area contributed by atoms with Gasteiger partial charge in [-0.05, 0) is 43.1 Å². The highest BCUT2D eigenvalue weighted by Crippen LogP contribution is 2.23. The molecule has 6 N–H and O–H groups in total. The number of likely N-dealkylation sites (tertiary alicyclic amines) is 1. The molecule has 1 unspecified atom stereocenters. The second kappa shape index (κ2) is 5.93. The third kappa shape index (κ3) is 3.05. The molecule has 1 heterocycles. The zero-order chi connectivity index (χ0) is 12.4. The molecule has 1 aliphatic rings. The predicted molar refractivity (Wildman–Crippen MR) is 75.1 cm³/mol. The molecule has 0 spiro atoms. The highest BCUT2D eigenvalue weighted by Gasteiger charge is 2.29. The maximum absolute atomic E-state index is 11.3. The van der Waals surface area contributed by atoms with Gasteiger partial charge in [0.1, 0.15) is 0 Å². The number of benzene rings is 1. The van der Waals surface area contributed by atoms with Gasteiger partial charge in [0.05, 0.1) is 6.04 Å². The molecule has 100 valence electrons. The number of hydrogen-bond acceptors (Lipinski definition) is 4. The van der Waals surface area contributed by atoms with E-state index in [1.807, 2.05) is 6.07 Å². The van der Waals surface area contributed by atoms with Gasteiger partial charge in [-0.25, -0.2) is 0 Å². The van der Waals surface area contributed by atoms with Crippen molar-refractivity contribution in [2.75, 3.05) is 18.0 Å². The van der Waals surface area contributed by atoms with Crippen molar-refractivity contribution in [1.29, 1.82) is 0 Å². The SMILES string of the molecule is Cl.NC(=O)C1CCCN1Cc1cc(N)ccc1N. The van der Waals surface area contributed by atoms with Crippen molar-refractivity contribution in [1.82, 2.24) is 4.90 Å². The second-order valence-corrected chi connectivity index (χ2v) is 4.49. The van der Waals surface area contributed by atoms with Crippen LogP contribution in [0.25, 0.3) is 0 Å². The molecule has 18 heavy (non-hydrogen) atoms. The molecule has 0 saturated carbocycles. The Labute approximate surface area is 113 Å². The van der Waals surface area contributed by atoms with Crippen LogP contribution in [-0.4, -0.2) is 23.4 Å². The summed E-state index contributed by atoms with van der Waals surface area (Å²) in [5, 5.41) is 0. The zero-order valence-electron chi connectivity index (χ0n) is 10.1. The minimum atomic E-state index is -0.259. The number of hydrogen-bond donors (Lipinski definition) is 3.